The number of ether oxygens (including phenoxy) is 2. The molecule has 2 N–H and O–H groups in total. The molecule has 0 saturated carbocycles. The van der Waals surface area contributed by atoms with Gasteiger partial charge in [0.2, 0.25) is 0 Å². The summed E-state index contributed by atoms with van der Waals surface area (Å²) >= 11 is 5.99. The molecule has 0 atom stereocenters. The van der Waals surface area contributed by atoms with Crippen molar-refractivity contribution in [1.82, 2.24) is 0 Å². The molecule has 0 aliphatic heterocycles. The number of hydrogen-bond donors (Lipinski definition) is 1. The summed E-state index contributed by atoms with van der Waals surface area (Å²) in [6.45, 7) is 2.89. The van der Waals surface area contributed by atoms with Crippen molar-refractivity contribution < 1.29 is 9.47 Å². The first kappa shape index (κ1) is 14.7. The van der Waals surface area contributed by atoms with Crippen molar-refractivity contribution in [2.45, 2.75) is 20.1 Å². The molecule has 0 fully saturated rings. The van der Waals surface area contributed by atoms with Gasteiger partial charge in [0.1, 0.15) is 18.1 Å². The predicted octanol–water partition coefficient (Wildman–Crippen LogP) is 3.69. The maximum Gasteiger partial charge on any atom is 0.123 e. The van der Waals surface area contributed by atoms with Gasteiger partial charge >= 0.3 is 0 Å². The predicted molar refractivity (Wildman–Crippen MR) is 81.4 cm³/mol. The quantitative estimate of drug-likeness (QED) is 0.913. The molecule has 2 rings (SSSR count). The van der Waals surface area contributed by atoms with Crippen LogP contribution in [-0.4, -0.2) is 7.11 Å². The van der Waals surface area contributed by atoms with Crippen LogP contribution in [0.4, 0.5) is 0 Å². The highest BCUT2D eigenvalue weighted by Crippen LogP contribution is 2.23. The first-order chi connectivity index (χ1) is 9.63. The van der Waals surface area contributed by atoms with E-state index in [1.165, 1.54) is 0 Å². The van der Waals surface area contributed by atoms with Gasteiger partial charge in [0.05, 0.1) is 7.11 Å². The van der Waals surface area contributed by atoms with Crippen LogP contribution in [0.1, 0.15) is 16.7 Å². The molecule has 0 aliphatic carbocycles. The Morgan fingerprint density at radius 2 is 1.95 bits per heavy atom. The summed E-state index contributed by atoms with van der Waals surface area (Å²) in [5.41, 5.74) is 8.67. The zero-order valence-corrected chi connectivity index (χ0v) is 12.4. The molecule has 0 radical (unpaired) electrons. The molecule has 20 heavy (non-hydrogen) atoms. The number of hydrogen-bond acceptors (Lipinski definition) is 3. The van der Waals surface area contributed by atoms with Crippen LogP contribution in [0, 0.1) is 6.92 Å². The van der Waals surface area contributed by atoms with Crippen molar-refractivity contribution in [3.05, 3.63) is 58.1 Å². The Labute approximate surface area is 124 Å². The molecule has 0 spiro atoms. The van der Waals surface area contributed by atoms with E-state index in [0.717, 1.165) is 33.2 Å². The molecule has 0 unspecified atom stereocenters. The van der Waals surface area contributed by atoms with Crippen molar-refractivity contribution in [1.29, 1.82) is 0 Å². The molecule has 0 bridgehead atoms. The molecule has 0 saturated heterocycles. The molecular weight excluding hydrogens is 274 g/mol. The first-order valence-electron chi connectivity index (χ1n) is 6.39. The Morgan fingerprint density at radius 3 is 2.60 bits per heavy atom. The smallest absolute Gasteiger partial charge is 0.123 e. The van der Waals surface area contributed by atoms with Gasteiger partial charge in [-0.2, -0.15) is 0 Å². The maximum atomic E-state index is 5.99. The Hall–Kier alpha value is -1.71. The first-order valence-corrected chi connectivity index (χ1v) is 6.76. The highest BCUT2D eigenvalue weighted by atomic mass is 35.5. The fourth-order valence-corrected chi connectivity index (χ4v) is 2.04. The number of nitrogens with two attached hydrogens (primary N) is 1. The zero-order valence-electron chi connectivity index (χ0n) is 11.7. The summed E-state index contributed by atoms with van der Waals surface area (Å²) in [5, 5.41) is 0.742. The van der Waals surface area contributed by atoms with Crippen molar-refractivity contribution in [3.63, 3.8) is 0 Å². The van der Waals surface area contributed by atoms with Crippen molar-refractivity contribution >= 4 is 11.6 Å². The van der Waals surface area contributed by atoms with E-state index >= 15 is 0 Å². The number of rotatable bonds is 5. The van der Waals surface area contributed by atoms with E-state index in [0.29, 0.717) is 13.2 Å². The molecule has 2 aromatic rings. The minimum atomic E-state index is 0.459. The van der Waals surface area contributed by atoms with Gasteiger partial charge in [0.25, 0.3) is 0 Å². The van der Waals surface area contributed by atoms with E-state index in [4.69, 9.17) is 26.8 Å². The average Bonchev–Trinajstić information content (AvgIpc) is 2.48. The van der Waals surface area contributed by atoms with Crippen LogP contribution in [0.5, 0.6) is 11.5 Å². The highest BCUT2D eigenvalue weighted by molar-refractivity contribution is 6.31. The average molecular weight is 292 g/mol. The van der Waals surface area contributed by atoms with E-state index < -0.39 is 0 Å². The topological polar surface area (TPSA) is 44.5 Å². The largest absolute Gasteiger partial charge is 0.496 e. The van der Waals surface area contributed by atoms with Crippen molar-refractivity contribution in [2.75, 3.05) is 7.11 Å². The minimum absolute atomic E-state index is 0.459. The van der Waals surface area contributed by atoms with Gasteiger partial charge in [-0.05, 0) is 42.3 Å². The van der Waals surface area contributed by atoms with Gasteiger partial charge in [0.15, 0.2) is 0 Å². The summed E-state index contributed by atoms with van der Waals surface area (Å²) in [6, 6.07) is 11.5. The lowest BCUT2D eigenvalue weighted by atomic mass is 10.1. The molecular formula is C16H18ClNO2. The van der Waals surface area contributed by atoms with E-state index in [1.807, 2.05) is 43.3 Å². The van der Waals surface area contributed by atoms with Crippen LogP contribution >= 0.6 is 11.6 Å². The summed E-state index contributed by atoms with van der Waals surface area (Å²) in [6.07, 6.45) is 0. The van der Waals surface area contributed by atoms with Crippen LogP contribution in [-0.2, 0) is 13.2 Å². The molecule has 0 aromatic heterocycles. The second-order valence-corrected chi connectivity index (χ2v) is 4.96. The molecule has 0 aliphatic rings. The van der Waals surface area contributed by atoms with Crippen LogP contribution in [0.25, 0.3) is 0 Å². The lowest BCUT2D eigenvalue weighted by molar-refractivity contribution is 0.305. The lowest BCUT2D eigenvalue weighted by Gasteiger charge is -2.11. The summed E-state index contributed by atoms with van der Waals surface area (Å²) in [5.74, 6) is 1.59. The minimum Gasteiger partial charge on any atom is -0.496 e. The molecule has 0 heterocycles. The summed E-state index contributed by atoms with van der Waals surface area (Å²) in [7, 11) is 1.64. The fraction of sp³-hybridized carbons (Fsp3) is 0.250. The van der Waals surface area contributed by atoms with Gasteiger partial charge in [-0.15, -0.1) is 0 Å². The monoisotopic (exact) mass is 291 g/mol. The van der Waals surface area contributed by atoms with Crippen LogP contribution < -0.4 is 15.2 Å². The Balaban J connectivity index is 2.08. The SMILES string of the molecule is COc1cc(COc2ccc(Cl)c(C)c2)ccc1CN. The Bertz CT molecular complexity index is 599. The highest BCUT2D eigenvalue weighted by Gasteiger charge is 2.04. The third-order valence-electron chi connectivity index (χ3n) is 3.11. The molecule has 2 aromatic carbocycles. The maximum absolute atomic E-state index is 5.99. The second-order valence-electron chi connectivity index (χ2n) is 4.55. The van der Waals surface area contributed by atoms with Gasteiger partial charge in [-0.1, -0.05) is 23.7 Å². The second kappa shape index (κ2) is 6.64. The Morgan fingerprint density at radius 1 is 1.15 bits per heavy atom. The standard InChI is InChI=1S/C16H18ClNO2/c1-11-7-14(5-6-15(11)17)20-10-12-3-4-13(9-18)16(8-12)19-2/h3-8H,9-10,18H2,1-2H3. The fourth-order valence-electron chi connectivity index (χ4n) is 1.92. The van der Waals surface area contributed by atoms with E-state index in [1.54, 1.807) is 7.11 Å². The van der Waals surface area contributed by atoms with Gasteiger partial charge < -0.3 is 15.2 Å². The zero-order chi connectivity index (χ0) is 14.5. The van der Waals surface area contributed by atoms with E-state index in [-0.39, 0.29) is 0 Å². The van der Waals surface area contributed by atoms with E-state index in [2.05, 4.69) is 0 Å². The third-order valence-corrected chi connectivity index (χ3v) is 3.53. The van der Waals surface area contributed by atoms with Gasteiger partial charge in [-0.3, -0.25) is 0 Å². The Kier molecular flexibility index (Phi) is 4.88. The van der Waals surface area contributed by atoms with Gasteiger partial charge in [0, 0.05) is 17.1 Å². The number of methoxy groups -OCH3 is 1. The lowest BCUT2D eigenvalue weighted by Crippen LogP contribution is -2.02. The normalized spacial score (nSPS) is 10.4. The molecule has 106 valence electrons. The van der Waals surface area contributed by atoms with Crippen LogP contribution in [0.3, 0.4) is 0 Å². The van der Waals surface area contributed by atoms with Gasteiger partial charge in [-0.25, -0.2) is 0 Å². The summed E-state index contributed by atoms with van der Waals surface area (Å²) in [4.78, 5) is 0. The van der Waals surface area contributed by atoms with Crippen molar-refractivity contribution in [2.24, 2.45) is 5.73 Å². The molecule has 3 nitrogen and oxygen atoms in total. The number of halogens is 1. The number of aryl methyl sites for hydroxylation is 1. The van der Waals surface area contributed by atoms with Crippen LogP contribution in [0.15, 0.2) is 36.4 Å². The number of benzene rings is 2. The van der Waals surface area contributed by atoms with Crippen molar-refractivity contribution in [3.8, 4) is 11.5 Å². The van der Waals surface area contributed by atoms with Crippen LogP contribution in [0.2, 0.25) is 5.02 Å². The third kappa shape index (κ3) is 3.44. The molecule has 0 amide bonds. The molecule has 4 heteroatoms. The van der Waals surface area contributed by atoms with E-state index in [9.17, 15) is 0 Å². The summed E-state index contributed by atoms with van der Waals surface area (Å²) < 4.78 is 11.1.